The summed E-state index contributed by atoms with van der Waals surface area (Å²) < 4.78 is 5.13. The van der Waals surface area contributed by atoms with Crippen molar-refractivity contribution in [3.63, 3.8) is 0 Å². The molecule has 18 heavy (non-hydrogen) atoms. The lowest BCUT2D eigenvalue weighted by Crippen LogP contribution is -2.32. The number of amides is 3. The molecule has 1 fully saturated rings. The molecule has 0 atom stereocenters. The number of imide groups is 1. The van der Waals surface area contributed by atoms with Crippen LogP contribution < -0.4 is 10.1 Å². The van der Waals surface area contributed by atoms with Gasteiger partial charge in [-0.05, 0) is 18.2 Å². The van der Waals surface area contributed by atoms with Gasteiger partial charge < -0.3 is 10.1 Å². The highest BCUT2D eigenvalue weighted by atomic mass is 32.2. The summed E-state index contributed by atoms with van der Waals surface area (Å²) in [6.07, 6.45) is 0. The van der Waals surface area contributed by atoms with E-state index in [1.54, 1.807) is 18.9 Å². The highest BCUT2D eigenvalue weighted by Gasteiger charge is 2.27. The van der Waals surface area contributed by atoms with Crippen LogP contribution in [0.2, 0.25) is 0 Å². The first-order valence-electron chi connectivity index (χ1n) is 5.56. The van der Waals surface area contributed by atoms with E-state index in [1.165, 1.54) is 4.90 Å². The molecule has 0 aromatic heterocycles. The molecule has 0 saturated carbocycles. The van der Waals surface area contributed by atoms with Crippen molar-refractivity contribution in [2.45, 2.75) is 4.90 Å². The van der Waals surface area contributed by atoms with E-state index < -0.39 is 0 Å². The van der Waals surface area contributed by atoms with Crippen molar-refractivity contribution in [1.82, 2.24) is 10.2 Å². The molecule has 96 valence electrons. The molecule has 0 unspecified atom stereocenters. The minimum absolute atomic E-state index is 0.114. The van der Waals surface area contributed by atoms with Crippen LogP contribution in [-0.4, -0.2) is 42.8 Å². The number of carbonyl (C=O) groups excluding carboxylic acids is 2. The summed E-state index contributed by atoms with van der Waals surface area (Å²) in [6.45, 7) is 0.537. The van der Waals surface area contributed by atoms with Gasteiger partial charge in [-0.25, -0.2) is 4.79 Å². The first-order valence-corrected chi connectivity index (χ1v) is 6.54. The van der Waals surface area contributed by atoms with Crippen molar-refractivity contribution in [3.05, 3.63) is 24.3 Å². The van der Waals surface area contributed by atoms with Gasteiger partial charge in [-0.1, -0.05) is 6.07 Å². The van der Waals surface area contributed by atoms with Gasteiger partial charge in [-0.3, -0.25) is 9.69 Å². The van der Waals surface area contributed by atoms with Crippen LogP contribution >= 0.6 is 11.8 Å². The van der Waals surface area contributed by atoms with E-state index in [1.807, 2.05) is 24.3 Å². The predicted octanol–water partition coefficient (Wildman–Crippen LogP) is 1.34. The number of hydrogen-bond donors (Lipinski definition) is 1. The quantitative estimate of drug-likeness (QED) is 0.645. The highest BCUT2D eigenvalue weighted by molar-refractivity contribution is 7.99. The van der Waals surface area contributed by atoms with Crippen molar-refractivity contribution >= 4 is 23.7 Å². The highest BCUT2D eigenvalue weighted by Crippen LogP contribution is 2.22. The Labute approximate surface area is 109 Å². The van der Waals surface area contributed by atoms with Crippen molar-refractivity contribution in [1.29, 1.82) is 0 Å². The summed E-state index contributed by atoms with van der Waals surface area (Å²) in [5.74, 6) is 1.31. The Kier molecular flexibility index (Phi) is 4.09. The van der Waals surface area contributed by atoms with Gasteiger partial charge in [-0.2, -0.15) is 0 Å². The van der Waals surface area contributed by atoms with Crippen molar-refractivity contribution in [2.24, 2.45) is 0 Å². The zero-order valence-corrected chi connectivity index (χ0v) is 10.8. The largest absolute Gasteiger partial charge is 0.497 e. The van der Waals surface area contributed by atoms with Crippen LogP contribution in [-0.2, 0) is 4.79 Å². The molecule has 1 aliphatic rings. The molecular formula is C12H14N2O3S. The number of nitrogens with one attached hydrogen (secondary N) is 1. The number of carbonyl (C=O) groups is 2. The second-order valence-electron chi connectivity index (χ2n) is 3.73. The second-order valence-corrected chi connectivity index (χ2v) is 4.90. The van der Waals surface area contributed by atoms with Gasteiger partial charge in [-0.15, -0.1) is 11.8 Å². The summed E-state index contributed by atoms with van der Waals surface area (Å²) in [6, 6.07) is 7.39. The first kappa shape index (κ1) is 12.8. The molecule has 1 aromatic rings. The van der Waals surface area contributed by atoms with Crippen LogP contribution in [0.3, 0.4) is 0 Å². The maximum absolute atomic E-state index is 11.3. The van der Waals surface area contributed by atoms with E-state index in [9.17, 15) is 9.59 Å². The van der Waals surface area contributed by atoms with Crippen LogP contribution in [0, 0.1) is 0 Å². The lowest BCUT2D eigenvalue weighted by atomic mass is 10.3. The third-order valence-electron chi connectivity index (χ3n) is 2.56. The normalized spacial score (nSPS) is 14.8. The van der Waals surface area contributed by atoms with Crippen molar-refractivity contribution < 1.29 is 14.3 Å². The number of benzene rings is 1. The molecule has 2 rings (SSSR count). The molecule has 1 aromatic carbocycles. The summed E-state index contributed by atoms with van der Waals surface area (Å²) in [5.41, 5.74) is 0. The van der Waals surface area contributed by atoms with Gasteiger partial charge in [0, 0.05) is 17.2 Å². The summed E-state index contributed by atoms with van der Waals surface area (Å²) in [5, 5.41) is 2.49. The molecule has 1 N–H and O–H groups in total. The van der Waals surface area contributed by atoms with Crippen LogP contribution in [0.25, 0.3) is 0 Å². The smallest absolute Gasteiger partial charge is 0.324 e. The second kappa shape index (κ2) is 5.77. The van der Waals surface area contributed by atoms with Crippen molar-refractivity contribution in [2.75, 3.05) is 26.0 Å². The molecule has 0 bridgehead atoms. The van der Waals surface area contributed by atoms with E-state index in [4.69, 9.17) is 4.74 Å². The number of nitrogens with zero attached hydrogens (tertiary/aromatic N) is 1. The van der Waals surface area contributed by atoms with Gasteiger partial charge in [0.05, 0.1) is 13.7 Å². The van der Waals surface area contributed by atoms with Crippen molar-refractivity contribution in [3.8, 4) is 5.75 Å². The lowest BCUT2D eigenvalue weighted by Gasteiger charge is -2.11. The van der Waals surface area contributed by atoms with Gasteiger partial charge in [0.15, 0.2) is 0 Å². The minimum atomic E-state index is -0.300. The zero-order chi connectivity index (χ0) is 13.0. The fourth-order valence-electron chi connectivity index (χ4n) is 1.63. The molecule has 1 heterocycles. The first-order chi connectivity index (χ1) is 8.70. The number of ether oxygens (including phenoxy) is 1. The number of hydrogen-bond acceptors (Lipinski definition) is 4. The standard InChI is InChI=1S/C12H14N2O3S/c1-17-9-3-2-4-10(7-9)18-6-5-14-11(15)8-13-12(14)16/h2-4,7H,5-6,8H2,1H3,(H,13,16). The number of rotatable bonds is 5. The molecule has 0 aliphatic carbocycles. The van der Waals surface area contributed by atoms with E-state index in [-0.39, 0.29) is 18.5 Å². The fraction of sp³-hybridized carbons (Fsp3) is 0.333. The van der Waals surface area contributed by atoms with Gasteiger partial charge in [0.1, 0.15) is 5.75 Å². The van der Waals surface area contributed by atoms with Crippen LogP contribution in [0.4, 0.5) is 4.79 Å². The summed E-state index contributed by atoms with van der Waals surface area (Å²) >= 11 is 1.59. The Hall–Kier alpha value is -1.69. The average molecular weight is 266 g/mol. The van der Waals surface area contributed by atoms with Crippen LogP contribution in [0.1, 0.15) is 0 Å². The maximum Gasteiger partial charge on any atom is 0.324 e. The average Bonchev–Trinajstić information content (AvgIpc) is 2.70. The van der Waals surface area contributed by atoms with E-state index in [0.29, 0.717) is 12.3 Å². The van der Waals surface area contributed by atoms with E-state index in [2.05, 4.69) is 5.32 Å². The number of urea groups is 1. The van der Waals surface area contributed by atoms with Crippen LogP contribution in [0.15, 0.2) is 29.2 Å². The zero-order valence-electron chi connectivity index (χ0n) is 10.0. The summed E-state index contributed by atoms with van der Waals surface area (Å²) in [7, 11) is 1.62. The molecule has 6 heteroatoms. The molecular weight excluding hydrogens is 252 g/mol. The number of methoxy groups -OCH3 is 1. The van der Waals surface area contributed by atoms with Gasteiger partial charge >= 0.3 is 6.03 Å². The topological polar surface area (TPSA) is 58.6 Å². The fourth-order valence-corrected chi connectivity index (χ4v) is 2.51. The Morgan fingerprint density at radius 2 is 2.28 bits per heavy atom. The molecule has 1 aliphatic heterocycles. The van der Waals surface area contributed by atoms with Crippen LogP contribution in [0.5, 0.6) is 5.75 Å². The van der Waals surface area contributed by atoms with Gasteiger partial charge in [0.2, 0.25) is 5.91 Å². The Balaban J connectivity index is 1.84. The maximum atomic E-state index is 11.3. The lowest BCUT2D eigenvalue weighted by molar-refractivity contribution is -0.124. The molecule has 3 amide bonds. The summed E-state index contributed by atoms with van der Waals surface area (Å²) in [4.78, 5) is 24.9. The predicted molar refractivity (Wildman–Crippen MR) is 68.8 cm³/mol. The monoisotopic (exact) mass is 266 g/mol. The Morgan fingerprint density at radius 1 is 1.44 bits per heavy atom. The van der Waals surface area contributed by atoms with E-state index in [0.717, 1.165) is 10.6 Å². The minimum Gasteiger partial charge on any atom is -0.497 e. The third kappa shape index (κ3) is 2.95. The third-order valence-corrected chi connectivity index (χ3v) is 3.54. The molecule has 0 spiro atoms. The van der Waals surface area contributed by atoms with E-state index >= 15 is 0 Å². The SMILES string of the molecule is COc1cccc(SCCN2C(=O)CNC2=O)c1. The Bertz CT molecular complexity index is 448. The number of thioether (sulfide) groups is 1. The Morgan fingerprint density at radius 3 is 2.94 bits per heavy atom. The molecule has 1 saturated heterocycles. The van der Waals surface area contributed by atoms with Gasteiger partial charge in [0.25, 0.3) is 0 Å². The molecule has 0 radical (unpaired) electrons. The molecule has 5 nitrogen and oxygen atoms in total.